The molecule has 2 aromatic heterocycles. The molecule has 302 valence electrons. The summed E-state index contributed by atoms with van der Waals surface area (Å²) in [5.41, 5.74) is 3.72. The van der Waals surface area contributed by atoms with Crippen molar-refractivity contribution in [1.82, 2.24) is 19.4 Å². The molecule has 0 unspecified atom stereocenters. The number of aromatic nitrogens is 3. The number of carbonyl (C=O) groups is 3. The van der Waals surface area contributed by atoms with Gasteiger partial charge in [0.15, 0.2) is 5.78 Å². The molecule has 11 heteroatoms. The predicted octanol–water partition coefficient (Wildman–Crippen LogP) is 9.79. The van der Waals surface area contributed by atoms with Crippen LogP contribution in [0.5, 0.6) is 6.01 Å². The first-order valence-electron chi connectivity index (χ1n) is 21.2. The van der Waals surface area contributed by atoms with E-state index in [1.54, 1.807) is 29.2 Å². The molecule has 2 aliphatic heterocycles. The number of allylic oxidation sites excluding steroid dienone is 2. The van der Waals surface area contributed by atoms with Gasteiger partial charge in [0.05, 0.1) is 35.8 Å². The highest BCUT2D eigenvalue weighted by Crippen LogP contribution is 2.58. The highest BCUT2D eigenvalue weighted by molar-refractivity contribution is 7.13. The fourth-order valence-corrected chi connectivity index (χ4v) is 10.6. The molecule has 1 amide bonds. The fourth-order valence-electron chi connectivity index (χ4n) is 9.64. The Labute approximate surface area is 339 Å². The maximum absolute atomic E-state index is 14.8. The summed E-state index contributed by atoms with van der Waals surface area (Å²) >= 11 is 1.66. The van der Waals surface area contributed by atoms with Gasteiger partial charge in [0, 0.05) is 41.7 Å². The van der Waals surface area contributed by atoms with Crippen LogP contribution in [-0.2, 0) is 25.5 Å². The molecule has 5 atom stereocenters. The summed E-state index contributed by atoms with van der Waals surface area (Å²) < 4.78 is 28.8. The SMILES string of the molecule is CCOC(=O)[C@]12CC(=O)[C@@H]3C[C@@H](Oc4nc5c(-c6nc(C7CCCC7)cs6)cccc5n4C(C)C)CN3C(=O)[C@@H](Cc3cccc(F)c3)CCCCC/C=C\[C@H]1C2. The third-order valence-corrected chi connectivity index (χ3v) is 13.6. The minimum atomic E-state index is -0.923. The number of esters is 1. The Kier molecular flexibility index (Phi) is 11.7. The average Bonchev–Trinajstić information content (AvgIpc) is 3.79. The van der Waals surface area contributed by atoms with Gasteiger partial charge in [0.1, 0.15) is 22.4 Å². The predicted molar refractivity (Wildman–Crippen MR) is 220 cm³/mol. The van der Waals surface area contributed by atoms with Crippen LogP contribution in [0.4, 0.5) is 4.39 Å². The van der Waals surface area contributed by atoms with Crippen molar-refractivity contribution in [3.63, 3.8) is 0 Å². The lowest BCUT2D eigenvalue weighted by molar-refractivity contribution is -0.152. The van der Waals surface area contributed by atoms with Crippen LogP contribution in [0.25, 0.3) is 21.6 Å². The van der Waals surface area contributed by atoms with Crippen LogP contribution in [0.3, 0.4) is 0 Å². The van der Waals surface area contributed by atoms with Gasteiger partial charge in [-0.1, -0.05) is 56.0 Å². The highest BCUT2D eigenvalue weighted by Gasteiger charge is 2.61. The second kappa shape index (κ2) is 16.8. The Balaban J connectivity index is 1.12. The lowest BCUT2D eigenvalue weighted by atomic mass is 9.90. The Hall–Kier alpha value is -4.38. The van der Waals surface area contributed by atoms with Gasteiger partial charge in [-0.2, -0.15) is 4.98 Å². The van der Waals surface area contributed by atoms with Crippen molar-refractivity contribution in [3.8, 4) is 16.6 Å². The van der Waals surface area contributed by atoms with Crippen molar-refractivity contribution in [1.29, 1.82) is 0 Å². The van der Waals surface area contributed by atoms with Gasteiger partial charge in [0.25, 0.3) is 6.01 Å². The molecule has 0 radical (unpaired) electrons. The van der Waals surface area contributed by atoms with Crippen LogP contribution in [0, 0.1) is 23.1 Å². The number of ketones is 1. The summed E-state index contributed by atoms with van der Waals surface area (Å²) in [6.45, 7) is 6.42. The number of para-hydroxylation sites is 1. The smallest absolute Gasteiger partial charge is 0.313 e. The van der Waals surface area contributed by atoms with E-state index in [2.05, 4.69) is 48.1 Å². The minimum Gasteiger partial charge on any atom is -0.466 e. The number of benzene rings is 2. The summed E-state index contributed by atoms with van der Waals surface area (Å²) in [4.78, 5) is 54.8. The number of ether oxygens (including phenoxy) is 2. The third kappa shape index (κ3) is 8.18. The Bertz CT molecular complexity index is 2140. The number of halogens is 1. The van der Waals surface area contributed by atoms with Crippen molar-refractivity contribution >= 4 is 40.0 Å². The summed E-state index contributed by atoms with van der Waals surface area (Å²) in [6.07, 6.45) is 14.0. The minimum absolute atomic E-state index is 0.00109. The second-order valence-electron chi connectivity index (χ2n) is 17.0. The molecule has 0 N–H and O–H groups in total. The lowest BCUT2D eigenvalue weighted by Gasteiger charge is -2.29. The van der Waals surface area contributed by atoms with Gasteiger partial charge < -0.3 is 14.4 Å². The van der Waals surface area contributed by atoms with E-state index in [0.717, 1.165) is 52.9 Å². The van der Waals surface area contributed by atoms with E-state index in [9.17, 15) is 18.8 Å². The molecule has 4 aromatic rings. The molecule has 1 saturated heterocycles. The monoisotopic (exact) mass is 794 g/mol. The summed E-state index contributed by atoms with van der Waals surface area (Å²) in [7, 11) is 0. The maximum Gasteiger partial charge on any atom is 0.313 e. The number of amides is 1. The average molecular weight is 795 g/mol. The Morgan fingerprint density at radius 3 is 2.63 bits per heavy atom. The zero-order valence-corrected chi connectivity index (χ0v) is 34.3. The second-order valence-corrected chi connectivity index (χ2v) is 17.9. The van der Waals surface area contributed by atoms with E-state index in [4.69, 9.17) is 19.4 Å². The Morgan fingerprint density at radius 2 is 1.84 bits per heavy atom. The number of thiazole rings is 1. The van der Waals surface area contributed by atoms with Gasteiger partial charge in [-0.15, -0.1) is 11.3 Å². The van der Waals surface area contributed by atoms with E-state index >= 15 is 0 Å². The van der Waals surface area contributed by atoms with Crippen molar-refractivity contribution in [2.45, 2.75) is 128 Å². The fraction of sp³-hybridized carbons (Fsp3) is 0.543. The number of hydrogen-bond donors (Lipinski definition) is 0. The molecule has 2 aromatic carbocycles. The molecule has 2 aliphatic carbocycles. The van der Waals surface area contributed by atoms with E-state index in [-0.39, 0.29) is 61.4 Å². The molecule has 0 bridgehead atoms. The molecular weight excluding hydrogens is 740 g/mol. The van der Waals surface area contributed by atoms with Crippen LogP contribution in [-0.4, -0.2) is 62.4 Å². The first kappa shape index (κ1) is 39.4. The topological polar surface area (TPSA) is 104 Å². The number of imidazole rings is 1. The molecular formula is C46H55FN4O5S. The van der Waals surface area contributed by atoms with Gasteiger partial charge in [-0.25, -0.2) is 9.37 Å². The third-order valence-electron chi connectivity index (χ3n) is 12.7. The summed E-state index contributed by atoms with van der Waals surface area (Å²) in [5.74, 6) is -0.961. The van der Waals surface area contributed by atoms with Crippen molar-refractivity contribution in [2.75, 3.05) is 13.2 Å². The van der Waals surface area contributed by atoms with Crippen LogP contribution in [0.2, 0.25) is 0 Å². The molecule has 8 rings (SSSR count). The molecule has 4 heterocycles. The molecule has 0 spiro atoms. The zero-order valence-electron chi connectivity index (χ0n) is 33.5. The molecule has 57 heavy (non-hydrogen) atoms. The van der Waals surface area contributed by atoms with Crippen LogP contribution >= 0.6 is 11.3 Å². The summed E-state index contributed by atoms with van der Waals surface area (Å²) in [5, 5.41) is 3.14. The number of Topliss-reactive ketones (excluding diaryl/α,β-unsaturated/α-hetero) is 1. The largest absolute Gasteiger partial charge is 0.466 e. The number of fused-ring (bicyclic) bond motifs is 3. The van der Waals surface area contributed by atoms with Crippen molar-refractivity contribution in [2.24, 2.45) is 17.3 Å². The first-order valence-corrected chi connectivity index (χ1v) is 22.1. The highest BCUT2D eigenvalue weighted by atomic mass is 32.1. The standard InChI is InChI=1S/C46H55FN4O5S/c1-4-55-44(54)46-25-33(46)18-9-7-5-6-8-17-32(22-30-14-12-19-34(47)23-30)43(53)50-27-35(24-39(50)40(52)26-46)56-45-49-41-36(20-13-21-38(41)51(45)29(2)3)42-48-37(28-57-42)31-15-10-11-16-31/h9,12-14,18-21,23,28-29,31-33,35,39H,4-8,10-11,15-17,22,24-27H2,1-3H3/b18-9-/t32-,33+,35-,39+,46-/m1/s1. The number of hydrogen-bond acceptors (Lipinski definition) is 8. The van der Waals surface area contributed by atoms with E-state index in [1.807, 2.05) is 12.1 Å². The molecule has 9 nitrogen and oxygen atoms in total. The van der Waals surface area contributed by atoms with Gasteiger partial charge in [-0.05, 0) is 101 Å². The van der Waals surface area contributed by atoms with Crippen LogP contribution in [0.15, 0.2) is 60.0 Å². The van der Waals surface area contributed by atoms with Crippen LogP contribution in [0.1, 0.15) is 121 Å². The molecule has 2 saturated carbocycles. The number of nitrogens with zero attached hydrogens (tertiary/aromatic N) is 4. The molecule has 3 fully saturated rings. The number of carbonyl (C=O) groups excluding carboxylic acids is 3. The van der Waals surface area contributed by atoms with E-state index in [0.29, 0.717) is 31.2 Å². The first-order chi connectivity index (χ1) is 27.6. The van der Waals surface area contributed by atoms with Crippen LogP contribution < -0.4 is 4.74 Å². The van der Waals surface area contributed by atoms with E-state index in [1.165, 1.54) is 43.5 Å². The maximum atomic E-state index is 14.8. The quantitative estimate of drug-likeness (QED) is 0.123. The van der Waals surface area contributed by atoms with E-state index < -0.39 is 23.5 Å². The molecule has 4 aliphatic rings. The van der Waals surface area contributed by atoms with Crippen molar-refractivity contribution in [3.05, 3.63) is 77.1 Å². The number of rotatable bonds is 9. The normalized spacial score (nSPS) is 26.6. The summed E-state index contributed by atoms with van der Waals surface area (Å²) in [6, 6.07) is 12.3. The lowest BCUT2D eigenvalue weighted by Crippen LogP contribution is -2.45. The zero-order chi connectivity index (χ0) is 39.7. The Morgan fingerprint density at radius 1 is 1.04 bits per heavy atom. The van der Waals surface area contributed by atoms with Gasteiger partial charge in [0.2, 0.25) is 5.91 Å². The van der Waals surface area contributed by atoms with Crippen molar-refractivity contribution < 1.29 is 28.2 Å². The van der Waals surface area contributed by atoms with Gasteiger partial charge >= 0.3 is 5.97 Å². The van der Waals surface area contributed by atoms with Gasteiger partial charge in [-0.3, -0.25) is 19.0 Å².